The largest absolute Gasteiger partial charge is 0.492 e. The van der Waals surface area contributed by atoms with Crippen LogP contribution in [0.4, 0.5) is 8.78 Å². The van der Waals surface area contributed by atoms with Crippen LogP contribution >= 0.6 is 0 Å². The lowest BCUT2D eigenvalue weighted by atomic mass is 9.75. The molecule has 1 amide bonds. The summed E-state index contributed by atoms with van der Waals surface area (Å²) >= 11 is 0. The number of carbonyl (C=O) groups excluding carboxylic acids is 1. The molecule has 3 rings (SSSR count). The van der Waals surface area contributed by atoms with Gasteiger partial charge in [0, 0.05) is 24.4 Å². The molecular formula is C20H26BF2NO5. The third-order valence-electron chi connectivity index (χ3n) is 5.98. The Kier molecular flexibility index (Phi) is 6.01. The minimum absolute atomic E-state index is 0.0466. The molecule has 2 N–H and O–H groups in total. The predicted octanol–water partition coefficient (Wildman–Crippen LogP) is 2.34. The quantitative estimate of drug-likeness (QED) is 0.730. The first-order valence-corrected chi connectivity index (χ1v) is 9.89. The topological polar surface area (TPSA) is 87.1 Å². The van der Waals surface area contributed by atoms with Crippen molar-refractivity contribution < 1.29 is 33.2 Å². The van der Waals surface area contributed by atoms with Crippen molar-refractivity contribution in [3.8, 4) is 0 Å². The van der Waals surface area contributed by atoms with E-state index in [-0.39, 0.29) is 37.9 Å². The molecule has 29 heavy (non-hydrogen) atoms. The summed E-state index contributed by atoms with van der Waals surface area (Å²) in [6.07, 6.45) is -0.654. The van der Waals surface area contributed by atoms with Gasteiger partial charge in [0.15, 0.2) is 0 Å². The fourth-order valence-corrected chi connectivity index (χ4v) is 4.42. The average molecular weight is 409 g/mol. The van der Waals surface area contributed by atoms with Crippen LogP contribution in [0.1, 0.15) is 61.0 Å². The van der Waals surface area contributed by atoms with Crippen molar-refractivity contribution in [3.63, 3.8) is 0 Å². The van der Waals surface area contributed by atoms with Gasteiger partial charge in [-0.2, -0.15) is 0 Å². The molecule has 0 aromatic heterocycles. The highest BCUT2D eigenvalue weighted by atomic mass is 19.3. The van der Waals surface area contributed by atoms with Gasteiger partial charge in [0.05, 0.1) is 6.61 Å². The number of alkyl halides is 2. The predicted molar refractivity (Wildman–Crippen MR) is 103 cm³/mol. The lowest BCUT2D eigenvalue weighted by Gasteiger charge is -2.41. The molecule has 1 aliphatic heterocycles. The van der Waals surface area contributed by atoms with E-state index in [4.69, 9.17) is 4.65 Å². The molecule has 1 heterocycles. The maximum atomic E-state index is 13.7. The molecule has 2 aliphatic rings. The summed E-state index contributed by atoms with van der Waals surface area (Å²) in [5, 5.41) is 19.9. The standard InChI is InChI=1S/C20H26BF2NO5/c1-11(2)17(19(26)27)24(14-6-8-20(22,23)9-7-14)18(25)15-5-4-13-10-29-21(28)16(13)12(15)3/h4-5,11,14,17,28H,6-10H2,1-3H3,(H,26,27). The van der Waals surface area contributed by atoms with E-state index in [1.165, 1.54) is 4.90 Å². The molecule has 158 valence electrons. The fourth-order valence-electron chi connectivity index (χ4n) is 4.42. The van der Waals surface area contributed by atoms with Crippen LogP contribution in [-0.4, -0.2) is 52.0 Å². The maximum Gasteiger partial charge on any atom is 0.492 e. The molecule has 1 fully saturated rings. The van der Waals surface area contributed by atoms with Crippen LogP contribution in [0.3, 0.4) is 0 Å². The molecule has 9 heteroatoms. The second-order valence-corrected chi connectivity index (χ2v) is 8.30. The summed E-state index contributed by atoms with van der Waals surface area (Å²) in [4.78, 5) is 26.8. The molecular weight excluding hydrogens is 383 g/mol. The number of hydrogen-bond donors (Lipinski definition) is 2. The summed E-state index contributed by atoms with van der Waals surface area (Å²) in [5.74, 6) is -4.86. The molecule has 1 aromatic carbocycles. The van der Waals surface area contributed by atoms with Gasteiger partial charge < -0.3 is 19.7 Å². The number of hydrogen-bond acceptors (Lipinski definition) is 4. The smallest absolute Gasteiger partial charge is 0.480 e. The molecule has 1 unspecified atom stereocenters. The molecule has 6 nitrogen and oxygen atoms in total. The van der Waals surface area contributed by atoms with Crippen molar-refractivity contribution in [2.75, 3.05) is 0 Å². The van der Waals surface area contributed by atoms with Crippen LogP contribution in [-0.2, 0) is 16.1 Å². The Hall–Kier alpha value is -2.00. The van der Waals surface area contributed by atoms with Gasteiger partial charge in [-0.3, -0.25) is 4.79 Å². The van der Waals surface area contributed by atoms with Crippen LogP contribution in [0.5, 0.6) is 0 Å². The van der Waals surface area contributed by atoms with E-state index in [0.717, 1.165) is 5.56 Å². The second-order valence-electron chi connectivity index (χ2n) is 8.30. The molecule has 1 atom stereocenters. The first-order valence-electron chi connectivity index (χ1n) is 9.89. The van der Waals surface area contributed by atoms with Crippen molar-refractivity contribution >= 4 is 24.5 Å². The van der Waals surface area contributed by atoms with E-state index in [2.05, 4.69) is 0 Å². The molecule has 1 aliphatic carbocycles. The minimum Gasteiger partial charge on any atom is -0.480 e. The Morgan fingerprint density at radius 3 is 2.45 bits per heavy atom. The van der Waals surface area contributed by atoms with Crippen molar-refractivity contribution in [2.45, 2.75) is 71.1 Å². The van der Waals surface area contributed by atoms with E-state index in [0.29, 0.717) is 11.0 Å². The van der Waals surface area contributed by atoms with Crippen molar-refractivity contribution in [1.82, 2.24) is 4.90 Å². The van der Waals surface area contributed by atoms with Crippen molar-refractivity contribution in [1.29, 1.82) is 0 Å². The van der Waals surface area contributed by atoms with Crippen LogP contribution < -0.4 is 5.46 Å². The minimum atomic E-state index is -2.79. The van der Waals surface area contributed by atoms with Gasteiger partial charge >= 0.3 is 13.1 Å². The first kappa shape index (κ1) is 21.7. The van der Waals surface area contributed by atoms with Crippen LogP contribution in [0.25, 0.3) is 0 Å². The third-order valence-corrected chi connectivity index (χ3v) is 5.98. The lowest BCUT2D eigenvalue weighted by molar-refractivity contribution is -0.145. The summed E-state index contributed by atoms with van der Waals surface area (Å²) in [6, 6.07) is 1.57. The molecule has 1 saturated carbocycles. The van der Waals surface area contributed by atoms with Gasteiger partial charge in [0.1, 0.15) is 6.04 Å². The molecule has 0 bridgehead atoms. The number of amides is 1. The van der Waals surface area contributed by atoms with Crippen molar-refractivity contribution in [3.05, 3.63) is 28.8 Å². The lowest BCUT2D eigenvalue weighted by Crippen LogP contribution is -2.55. The zero-order valence-corrected chi connectivity index (χ0v) is 16.8. The molecule has 1 aromatic rings. The van der Waals surface area contributed by atoms with Crippen LogP contribution in [0, 0.1) is 12.8 Å². The number of nitrogens with zero attached hydrogens (tertiary/aromatic N) is 1. The number of aliphatic carboxylic acids is 1. The molecule has 0 spiro atoms. The van der Waals surface area contributed by atoms with Gasteiger partial charge in [-0.05, 0) is 48.3 Å². The summed E-state index contributed by atoms with van der Waals surface area (Å²) in [7, 11) is -1.14. The maximum absolute atomic E-state index is 13.7. The normalized spacial score (nSPS) is 19.9. The molecule has 0 saturated heterocycles. The van der Waals surface area contributed by atoms with Gasteiger partial charge in [-0.1, -0.05) is 19.9 Å². The Bertz CT molecular complexity index is 806. The zero-order valence-electron chi connectivity index (χ0n) is 16.8. The summed E-state index contributed by atoms with van der Waals surface area (Å²) < 4.78 is 32.6. The number of rotatable bonds is 5. The number of halogens is 2. The number of carboxylic acids is 1. The van der Waals surface area contributed by atoms with Gasteiger partial charge in [-0.25, -0.2) is 13.6 Å². The van der Waals surface area contributed by atoms with Crippen LogP contribution in [0.15, 0.2) is 12.1 Å². The number of carboxylic acid groups (broad SMARTS) is 1. The Balaban J connectivity index is 2.01. The van der Waals surface area contributed by atoms with Gasteiger partial charge in [0.2, 0.25) is 5.92 Å². The Morgan fingerprint density at radius 2 is 1.90 bits per heavy atom. The first-order chi connectivity index (χ1) is 13.5. The summed E-state index contributed by atoms with van der Waals surface area (Å²) in [6.45, 7) is 5.31. The second kappa shape index (κ2) is 8.03. The highest BCUT2D eigenvalue weighted by Gasteiger charge is 2.44. The zero-order chi connectivity index (χ0) is 21.5. The van der Waals surface area contributed by atoms with Crippen molar-refractivity contribution in [2.24, 2.45) is 5.92 Å². The average Bonchev–Trinajstić information content (AvgIpc) is 3.01. The number of benzene rings is 1. The van der Waals surface area contributed by atoms with Gasteiger partial charge in [0.25, 0.3) is 5.91 Å². The van der Waals surface area contributed by atoms with E-state index < -0.39 is 42.9 Å². The van der Waals surface area contributed by atoms with E-state index in [1.54, 1.807) is 32.9 Å². The monoisotopic (exact) mass is 409 g/mol. The Labute approximate surface area is 169 Å². The number of carbonyl (C=O) groups is 2. The SMILES string of the molecule is Cc1c(C(=O)N(C2CCC(F)(F)CC2)C(C(=O)O)C(C)C)ccc2c1B(O)OC2. The fraction of sp³-hybridized carbons (Fsp3) is 0.600. The molecule has 0 radical (unpaired) electrons. The van der Waals surface area contributed by atoms with Crippen LogP contribution in [0.2, 0.25) is 0 Å². The number of fused-ring (bicyclic) bond motifs is 1. The highest BCUT2D eigenvalue weighted by molar-refractivity contribution is 6.62. The highest BCUT2D eigenvalue weighted by Crippen LogP contribution is 2.37. The van der Waals surface area contributed by atoms with Gasteiger partial charge in [-0.15, -0.1) is 0 Å². The Morgan fingerprint density at radius 1 is 1.28 bits per heavy atom. The van der Waals surface area contributed by atoms with E-state index in [1.807, 2.05) is 0 Å². The van der Waals surface area contributed by atoms with E-state index in [9.17, 15) is 28.5 Å². The summed E-state index contributed by atoms with van der Waals surface area (Å²) in [5.41, 5.74) is 2.07. The third kappa shape index (κ3) is 4.16. The van der Waals surface area contributed by atoms with E-state index >= 15 is 0 Å².